The Kier molecular flexibility index (Phi) is 3.15. The van der Waals surface area contributed by atoms with Crippen LogP contribution in [0.25, 0.3) is 27.4 Å². The molecular weight excluding hydrogens is 284 g/mol. The molecule has 1 aliphatic rings. The smallest absolute Gasteiger partial charge is 0.265 e. The van der Waals surface area contributed by atoms with Crippen molar-refractivity contribution in [3.63, 3.8) is 0 Å². The third kappa shape index (κ3) is 2.12. The van der Waals surface area contributed by atoms with Gasteiger partial charge in [-0.3, -0.25) is 14.3 Å². The minimum Gasteiger partial charge on any atom is -0.277 e. The SMILES string of the molecule is Cc1cc2c(c(C)n1)c(=O)n(C1=CCCC=C1)c1ccccc21. The second kappa shape index (κ2) is 5.20. The minimum absolute atomic E-state index is 0.0153. The molecule has 0 saturated heterocycles. The van der Waals surface area contributed by atoms with Crippen molar-refractivity contribution in [1.82, 2.24) is 9.55 Å². The van der Waals surface area contributed by atoms with Gasteiger partial charge in [-0.2, -0.15) is 0 Å². The van der Waals surface area contributed by atoms with Gasteiger partial charge in [-0.05, 0) is 44.9 Å². The Morgan fingerprint density at radius 2 is 1.91 bits per heavy atom. The summed E-state index contributed by atoms with van der Waals surface area (Å²) in [6, 6.07) is 10.1. The maximum absolute atomic E-state index is 13.2. The van der Waals surface area contributed by atoms with Gasteiger partial charge in [-0.15, -0.1) is 0 Å². The quantitative estimate of drug-likeness (QED) is 0.626. The van der Waals surface area contributed by atoms with Gasteiger partial charge in [0.2, 0.25) is 0 Å². The zero-order valence-corrected chi connectivity index (χ0v) is 13.3. The molecule has 3 aromatic rings. The van der Waals surface area contributed by atoms with Crippen molar-refractivity contribution in [2.45, 2.75) is 26.7 Å². The van der Waals surface area contributed by atoms with Crippen molar-refractivity contribution in [1.29, 1.82) is 0 Å². The molecule has 0 spiro atoms. The fourth-order valence-corrected chi connectivity index (χ4v) is 3.45. The molecule has 114 valence electrons. The van der Waals surface area contributed by atoms with Crippen LogP contribution in [0.4, 0.5) is 0 Å². The molecule has 3 nitrogen and oxygen atoms in total. The van der Waals surface area contributed by atoms with E-state index in [9.17, 15) is 4.79 Å². The van der Waals surface area contributed by atoms with Crippen LogP contribution in [0.15, 0.2) is 53.4 Å². The highest BCUT2D eigenvalue weighted by molar-refractivity contribution is 6.07. The van der Waals surface area contributed by atoms with E-state index in [2.05, 4.69) is 23.2 Å². The lowest BCUT2D eigenvalue weighted by Crippen LogP contribution is -2.21. The van der Waals surface area contributed by atoms with Crippen LogP contribution in [0.2, 0.25) is 0 Å². The predicted octanol–water partition coefficient (Wildman–Crippen LogP) is 4.36. The molecule has 0 aliphatic heterocycles. The van der Waals surface area contributed by atoms with E-state index in [0.29, 0.717) is 5.39 Å². The van der Waals surface area contributed by atoms with Gasteiger partial charge >= 0.3 is 0 Å². The second-order valence-electron chi connectivity index (χ2n) is 6.04. The summed E-state index contributed by atoms with van der Waals surface area (Å²) in [4.78, 5) is 17.7. The summed E-state index contributed by atoms with van der Waals surface area (Å²) in [6.45, 7) is 3.89. The number of hydrogen-bond donors (Lipinski definition) is 0. The van der Waals surface area contributed by atoms with Gasteiger partial charge in [-0.1, -0.05) is 30.4 Å². The molecule has 23 heavy (non-hydrogen) atoms. The molecule has 1 aliphatic carbocycles. The van der Waals surface area contributed by atoms with Crippen LogP contribution in [0.5, 0.6) is 0 Å². The molecule has 3 heteroatoms. The Morgan fingerprint density at radius 3 is 2.70 bits per heavy atom. The number of fused-ring (bicyclic) bond motifs is 3. The molecule has 0 N–H and O–H groups in total. The van der Waals surface area contributed by atoms with Gasteiger partial charge in [0.1, 0.15) is 0 Å². The third-order valence-corrected chi connectivity index (χ3v) is 4.41. The fourth-order valence-electron chi connectivity index (χ4n) is 3.45. The highest BCUT2D eigenvalue weighted by Gasteiger charge is 2.15. The van der Waals surface area contributed by atoms with E-state index in [1.165, 1.54) is 0 Å². The summed E-state index contributed by atoms with van der Waals surface area (Å²) in [5, 5.41) is 2.80. The van der Waals surface area contributed by atoms with E-state index in [1.807, 2.05) is 48.8 Å². The maximum atomic E-state index is 13.2. The van der Waals surface area contributed by atoms with E-state index in [-0.39, 0.29) is 5.56 Å². The van der Waals surface area contributed by atoms with E-state index >= 15 is 0 Å². The van der Waals surface area contributed by atoms with Crippen LogP contribution in [0.1, 0.15) is 24.2 Å². The largest absolute Gasteiger partial charge is 0.277 e. The number of rotatable bonds is 1. The molecule has 2 heterocycles. The lowest BCUT2D eigenvalue weighted by Gasteiger charge is -2.16. The van der Waals surface area contributed by atoms with Crippen molar-refractivity contribution >= 4 is 27.4 Å². The van der Waals surface area contributed by atoms with Crippen LogP contribution in [0, 0.1) is 13.8 Å². The summed E-state index contributed by atoms with van der Waals surface area (Å²) in [5.74, 6) is 0. The number of aromatic nitrogens is 2. The van der Waals surface area contributed by atoms with E-state index < -0.39 is 0 Å². The van der Waals surface area contributed by atoms with Gasteiger partial charge < -0.3 is 0 Å². The van der Waals surface area contributed by atoms with Crippen molar-refractivity contribution in [3.05, 3.63) is 70.3 Å². The van der Waals surface area contributed by atoms with Crippen LogP contribution < -0.4 is 5.56 Å². The molecular formula is C20H18N2O. The number of nitrogens with zero attached hydrogens (tertiary/aromatic N) is 2. The molecule has 4 rings (SSSR count). The highest BCUT2D eigenvalue weighted by atomic mass is 16.1. The molecule has 0 bridgehead atoms. The Balaban J connectivity index is 2.26. The Labute approximate surface area is 134 Å². The number of aryl methyl sites for hydroxylation is 2. The standard InChI is InChI=1S/C20H18N2O/c1-13-12-17-16-10-6-7-11-18(16)22(15-8-4-3-5-9-15)20(23)19(17)14(2)21-13/h4,6-12H,3,5H2,1-2H3. The normalized spacial score (nSPS) is 14.4. The van der Waals surface area contributed by atoms with E-state index in [0.717, 1.165) is 46.2 Å². The minimum atomic E-state index is 0.0153. The first-order valence-electron chi connectivity index (χ1n) is 7.95. The van der Waals surface area contributed by atoms with Crippen LogP contribution in [-0.2, 0) is 0 Å². The van der Waals surface area contributed by atoms with Crippen molar-refractivity contribution in [2.75, 3.05) is 0 Å². The number of hydrogen-bond acceptors (Lipinski definition) is 2. The van der Waals surface area contributed by atoms with Crippen molar-refractivity contribution in [2.24, 2.45) is 0 Å². The van der Waals surface area contributed by atoms with Gasteiger partial charge in [0.05, 0.1) is 16.6 Å². The second-order valence-corrected chi connectivity index (χ2v) is 6.04. The van der Waals surface area contributed by atoms with Crippen LogP contribution in [-0.4, -0.2) is 9.55 Å². The molecule has 0 fully saturated rings. The van der Waals surface area contributed by atoms with E-state index in [1.54, 1.807) is 0 Å². The van der Waals surface area contributed by atoms with Gasteiger partial charge in [0, 0.05) is 22.2 Å². The Hall–Kier alpha value is -2.68. The summed E-state index contributed by atoms with van der Waals surface area (Å²) >= 11 is 0. The summed E-state index contributed by atoms with van der Waals surface area (Å²) < 4.78 is 1.83. The highest BCUT2D eigenvalue weighted by Crippen LogP contribution is 2.27. The topological polar surface area (TPSA) is 34.9 Å². The lowest BCUT2D eigenvalue weighted by molar-refractivity contribution is 0.995. The average molecular weight is 302 g/mol. The molecule has 2 aromatic heterocycles. The predicted molar refractivity (Wildman–Crippen MR) is 95.6 cm³/mol. The third-order valence-electron chi connectivity index (χ3n) is 4.41. The first kappa shape index (κ1) is 13.9. The van der Waals surface area contributed by atoms with Crippen molar-refractivity contribution in [3.8, 4) is 0 Å². The fraction of sp³-hybridized carbons (Fsp3) is 0.200. The Morgan fingerprint density at radius 1 is 1.09 bits per heavy atom. The molecule has 0 amide bonds. The van der Waals surface area contributed by atoms with Gasteiger partial charge in [0.15, 0.2) is 0 Å². The number of pyridine rings is 2. The molecule has 0 radical (unpaired) electrons. The number of para-hydroxylation sites is 1. The summed E-state index contributed by atoms with van der Waals surface area (Å²) in [5.41, 5.74) is 3.66. The molecule has 1 aromatic carbocycles. The molecule has 0 atom stereocenters. The van der Waals surface area contributed by atoms with Crippen LogP contribution in [0.3, 0.4) is 0 Å². The first-order valence-corrected chi connectivity index (χ1v) is 7.95. The van der Waals surface area contributed by atoms with E-state index in [4.69, 9.17) is 0 Å². The zero-order chi connectivity index (χ0) is 16.0. The molecule has 0 unspecified atom stereocenters. The van der Waals surface area contributed by atoms with Gasteiger partial charge in [-0.25, -0.2) is 0 Å². The van der Waals surface area contributed by atoms with Gasteiger partial charge in [0.25, 0.3) is 5.56 Å². The average Bonchev–Trinajstić information content (AvgIpc) is 2.55. The summed E-state index contributed by atoms with van der Waals surface area (Å²) in [7, 11) is 0. The van der Waals surface area contributed by atoms with Crippen LogP contribution >= 0.6 is 0 Å². The monoisotopic (exact) mass is 302 g/mol. The summed E-state index contributed by atoms with van der Waals surface area (Å²) in [6.07, 6.45) is 8.30. The lowest BCUT2D eigenvalue weighted by atomic mass is 10.0. The number of allylic oxidation sites excluding steroid dienone is 4. The maximum Gasteiger partial charge on any atom is 0.265 e. The van der Waals surface area contributed by atoms with Crippen molar-refractivity contribution < 1.29 is 0 Å². The zero-order valence-electron chi connectivity index (χ0n) is 13.3. The Bertz CT molecular complexity index is 1050. The first-order chi connectivity index (χ1) is 11.2. The molecule has 0 saturated carbocycles. The number of benzene rings is 1.